The van der Waals surface area contributed by atoms with Gasteiger partial charge in [0.15, 0.2) is 0 Å². The van der Waals surface area contributed by atoms with Crippen molar-refractivity contribution in [1.82, 2.24) is 5.32 Å². The zero-order chi connectivity index (χ0) is 11.5. The van der Waals surface area contributed by atoms with Crippen molar-refractivity contribution in [1.29, 1.82) is 0 Å². The lowest BCUT2D eigenvalue weighted by molar-refractivity contribution is -0.122. The molecule has 0 bridgehead atoms. The fraction of sp³-hybridized carbons (Fsp3) is 0.667. The molecular weight excluding hydrogens is 190 g/mol. The standard InChI is InChI=1S/C12H19NO2/c1-4-11(15)13-10-7-12(2,3)6-5-9(10)8-14/h5-6,8-10H,4,7H2,1-3H3,(H,13,15). The van der Waals surface area contributed by atoms with Gasteiger partial charge < -0.3 is 10.1 Å². The number of amides is 1. The van der Waals surface area contributed by atoms with Gasteiger partial charge in [0.2, 0.25) is 5.91 Å². The maximum atomic E-state index is 11.3. The van der Waals surface area contributed by atoms with Crippen LogP contribution < -0.4 is 5.32 Å². The van der Waals surface area contributed by atoms with Gasteiger partial charge in [0.1, 0.15) is 6.29 Å². The first-order valence-corrected chi connectivity index (χ1v) is 5.42. The molecule has 2 unspecified atom stereocenters. The Morgan fingerprint density at radius 2 is 2.27 bits per heavy atom. The van der Waals surface area contributed by atoms with Crippen molar-refractivity contribution in [2.75, 3.05) is 0 Å². The molecule has 0 fully saturated rings. The highest BCUT2D eigenvalue weighted by Crippen LogP contribution is 2.31. The lowest BCUT2D eigenvalue weighted by atomic mass is 9.76. The second kappa shape index (κ2) is 4.60. The van der Waals surface area contributed by atoms with E-state index in [1.165, 1.54) is 0 Å². The van der Waals surface area contributed by atoms with Crippen molar-refractivity contribution in [2.24, 2.45) is 11.3 Å². The molecule has 0 saturated heterocycles. The van der Waals surface area contributed by atoms with Gasteiger partial charge in [-0.2, -0.15) is 0 Å². The molecule has 0 spiro atoms. The molecule has 84 valence electrons. The number of carbonyl (C=O) groups is 2. The van der Waals surface area contributed by atoms with Gasteiger partial charge in [-0.05, 0) is 11.8 Å². The first-order valence-electron chi connectivity index (χ1n) is 5.42. The lowest BCUT2D eigenvalue weighted by Crippen LogP contribution is -2.44. The van der Waals surface area contributed by atoms with Gasteiger partial charge in [-0.25, -0.2) is 0 Å². The van der Waals surface area contributed by atoms with Crippen molar-refractivity contribution >= 4 is 12.2 Å². The highest BCUT2D eigenvalue weighted by molar-refractivity contribution is 5.76. The summed E-state index contributed by atoms with van der Waals surface area (Å²) in [4.78, 5) is 22.2. The summed E-state index contributed by atoms with van der Waals surface area (Å²) < 4.78 is 0. The van der Waals surface area contributed by atoms with E-state index in [1.54, 1.807) is 0 Å². The summed E-state index contributed by atoms with van der Waals surface area (Å²) in [5, 5.41) is 2.90. The van der Waals surface area contributed by atoms with Crippen molar-refractivity contribution in [3.63, 3.8) is 0 Å². The number of rotatable bonds is 3. The summed E-state index contributed by atoms with van der Waals surface area (Å²) >= 11 is 0. The Kier molecular flexibility index (Phi) is 3.66. The Morgan fingerprint density at radius 1 is 1.60 bits per heavy atom. The van der Waals surface area contributed by atoms with E-state index in [9.17, 15) is 9.59 Å². The van der Waals surface area contributed by atoms with Crippen LogP contribution in [0.2, 0.25) is 0 Å². The molecule has 1 amide bonds. The quantitative estimate of drug-likeness (QED) is 0.568. The van der Waals surface area contributed by atoms with E-state index in [1.807, 2.05) is 13.0 Å². The maximum Gasteiger partial charge on any atom is 0.219 e. The van der Waals surface area contributed by atoms with Crippen LogP contribution >= 0.6 is 0 Å². The average Bonchev–Trinajstić information content (AvgIpc) is 2.17. The molecule has 2 atom stereocenters. The first kappa shape index (κ1) is 12.0. The van der Waals surface area contributed by atoms with Gasteiger partial charge in [-0.3, -0.25) is 4.79 Å². The van der Waals surface area contributed by atoms with Crippen LogP contribution in [-0.4, -0.2) is 18.2 Å². The number of hydrogen-bond donors (Lipinski definition) is 1. The van der Waals surface area contributed by atoms with E-state index < -0.39 is 0 Å². The van der Waals surface area contributed by atoms with Crippen molar-refractivity contribution in [3.05, 3.63) is 12.2 Å². The second-order valence-electron chi connectivity index (χ2n) is 4.79. The molecule has 1 aliphatic rings. The number of allylic oxidation sites excluding steroid dienone is 1. The maximum absolute atomic E-state index is 11.3. The van der Waals surface area contributed by atoms with Gasteiger partial charge in [0, 0.05) is 12.5 Å². The molecule has 0 heterocycles. The Bertz CT molecular complexity index is 281. The van der Waals surface area contributed by atoms with Crippen LogP contribution in [0.5, 0.6) is 0 Å². The molecule has 1 rings (SSSR count). The molecule has 0 aliphatic heterocycles. The van der Waals surface area contributed by atoms with E-state index in [4.69, 9.17) is 0 Å². The van der Waals surface area contributed by atoms with Crippen LogP contribution in [0.4, 0.5) is 0 Å². The van der Waals surface area contributed by atoms with Crippen LogP contribution in [0.25, 0.3) is 0 Å². The van der Waals surface area contributed by atoms with E-state index in [0.29, 0.717) is 6.42 Å². The van der Waals surface area contributed by atoms with Gasteiger partial charge in [0.25, 0.3) is 0 Å². The highest BCUT2D eigenvalue weighted by atomic mass is 16.1. The summed E-state index contributed by atoms with van der Waals surface area (Å²) in [6, 6.07) is -0.0463. The Balaban J connectivity index is 2.73. The third-order valence-corrected chi connectivity index (χ3v) is 2.80. The predicted molar refractivity (Wildman–Crippen MR) is 59.3 cm³/mol. The Hall–Kier alpha value is -1.12. The number of hydrogen-bond acceptors (Lipinski definition) is 2. The molecule has 1 aliphatic carbocycles. The van der Waals surface area contributed by atoms with E-state index in [2.05, 4.69) is 25.2 Å². The zero-order valence-corrected chi connectivity index (χ0v) is 9.62. The molecule has 3 nitrogen and oxygen atoms in total. The van der Waals surface area contributed by atoms with E-state index in [0.717, 1.165) is 12.7 Å². The second-order valence-corrected chi connectivity index (χ2v) is 4.79. The fourth-order valence-corrected chi connectivity index (χ4v) is 1.87. The molecule has 0 saturated carbocycles. The molecule has 3 heteroatoms. The highest BCUT2D eigenvalue weighted by Gasteiger charge is 2.31. The van der Waals surface area contributed by atoms with Crippen molar-refractivity contribution in [3.8, 4) is 0 Å². The smallest absolute Gasteiger partial charge is 0.219 e. The molecule has 15 heavy (non-hydrogen) atoms. The monoisotopic (exact) mass is 209 g/mol. The molecule has 0 aromatic carbocycles. The van der Waals surface area contributed by atoms with E-state index in [-0.39, 0.29) is 23.3 Å². The average molecular weight is 209 g/mol. The molecule has 0 aromatic heterocycles. The van der Waals surface area contributed by atoms with E-state index >= 15 is 0 Å². The van der Waals surface area contributed by atoms with Crippen molar-refractivity contribution in [2.45, 2.75) is 39.7 Å². The summed E-state index contributed by atoms with van der Waals surface area (Å²) in [6.45, 7) is 6.03. The van der Waals surface area contributed by atoms with Crippen LogP contribution in [0.15, 0.2) is 12.2 Å². The minimum absolute atomic E-state index is 0.0120. The predicted octanol–water partition coefficient (Wildman–Crippen LogP) is 1.68. The topological polar surface area (TPSA) is 46.2 Å². The van der Waals surface area contributed by atoms with Gasteiger partial charge >= 0.3 is 0 Å². The third kappa shape index (κ3) is 3.18. The molecule has 1 N–H and O–H groups in total. The third-order valence-electron chi connectivity index (χ3n) is 2.80. The molecule has 0 radical (unpaired) electrons. The zero-order valence-electron chi connectivity index (χ0n) is 9.62. The Morgan fingerprint density at radius 3 is 2.80 bits per heavy atom. The first-order chi connectivity index (χ1) is 6.98. The van der Waals surface area contributed by atoms with Gasteiger partial charge in [-0.15, -0.1) is 0 Å². The normalized spacial score (nSPS) is 28.5. The number of aldehydes is 1. The van der Waals surface area contributed by atoms with Crippen LogP contribution in [0.1, 0.15) is 33.6 Å². The Labute approximate surface area is 90.9 Å². The number of nitrogens with one attached hydrogen (secondary N) is 1. The summed E-state index contributed by atoms with van der Waals surface area (Å²) in [7, 11) is 0. The lowest BCUT2D eigenvalue weighted by Gasteiger charge is -2.34. The van der Waals surface area contributed by atoms with Crippen LogP contribution in [0, 0.1) is 11.3 Å². The summed E-state index contributed by atoms with van der Waals surface area (Å²) in [6.07, 6.45) is 6.15. The summed E-state index contributed by atoms with van der Waals surface area (Å²) in [5.41, 5.74) is 0.0607. The number of carbonyl (C=O) groups excluding carboxylic acids is 2. The molecular formula is C12H19NO2. The van der Waals surface area contributed by atoms with Gasteiger partial charge in [0.05, 0.1) is 5.92 Å². The van der Waals surface area contributed by atoms with Crippen LogP contribution in [0.3, 0.4) is 0 Å². The van der Waals surface area contributed by atoms with Crippen molar-refractivity contribution < 1.29 is 9.59 Å². The largest absolute Gasteiger partial charge is 0.352 e. The SMILES string of the molecule is CCC(=O)NC1CC(C)(C)C=CC1C=O. The molecule has 0 aromatic rings. The fourth-order valence-electron chi connectivity index (χ4n) is 1.87. The van der Waals surface area contributed by atoms with Crippen LogP contribution in [-0.2, 0) is 9.59 Å². The summed E-state index contributed by atoms with van der Waals surface area (Å²) in [5.74, 6) is -0.161. The minimum Gasteiger partial charge on any atom is -0.352 e. The van der Waals surface area contributed by atoms with Gasteiger partial charge in [-0.1, -0.05) is 32.9 Å². The minimum atomic E-state index is -0.173.